The number of fused-ring (bicyclic) bond motifs is 1. The second-order valence-corrected chi connectivity index (χ2v) is 7.58. The van der Waals surface area contributed by atoms with E-state index in [-0.39, 0.29) is 24.1 Å². The largest absolute Gasteiger partial charge is 0.383 e. The minimum absolute atomic E-state index is 0.0497. The molecule has 0 aliphatic carbocycles. The molecule has 4 aromatic rings. The van der Waals surface area contributed by atoms with Crippen LogP contribution in [0.15, 0.2) is 61.1 Å². The number of nitrogen functional groups attached to an aromatic ring is 1. The number of hydrogen-bond donors (Lipinski definition) is 4. The lowest BCUT2D eigenvalue weighted by Crippen LogP contribution is -2.28. The van der Waals surface area contributed by atoms with Gasteiger partial charge in [-0.15, -0.1) is 0 Å². The molecule has 2 aromatic carbocycles. The number of methoxy groups -OCH3 is 1. The molecule has 2 heterocycles. The van der Waals surface area contributed by atoms with Crippen molar-refractivity contribution in [3.63, 3.8) is 0 Å². The first-order valence-electron chi connectivity index (χ1n) is 10.8. The fraction of sp³-hybridized carbons (Fsp3) is 0.167. The van der Waals surface area contributed by atoms with Crippen molar-refractivity contribution in [2.45, 2.75) is 6.54 Å². The van der Waals surface area contributed by atoms with E-state index >= 15 is 0 Å². The number of anilines is 2. The van der Waals surface area contributed by atoms with Crippen LogP contribution in [-0.2, 0) is 11.3 Å². The Morgan fingerprint density at radius 1 is 1.11 bits per heavy atom. The fourth-order valence-electron chi connectivity index (χ4n) is 3.57. The number of ether oxygens (including phenoxy) is 1. The van der Waals surface area contributed by atoms with Crippen LogP contribution in [-0.4, -0.2) is 46.8 Å². The van der Waals surface area contributed by atoms with Gasteiger partial charge in [-0.25, -0.2) is 18.7 Å². The number of aromatic nitrogens is 3. The highest BCUT2D eigenvalue weighted by Crippen LogP contribution is 2.33. The van der Waals surface area contributed by atoms with E-state index in [4.69, 9.17) is 10.5 Å². The van der Waals surface area contributed by atoms with Crippen LogP contribution in [0.3, 0.4) is 0 Å². The van der Waals surface area contributed by atoms with Gasteiger partial charge in [0.25, 0.3) is 5.91 Å². The second-order valence-electron chi connectivity index (χ2n) is 7.58. The fourth-order valence-corrected chi connectivity index (χ4v) is 3.57. The summed E-state index contributed by atoms with van der Waals surface area (Å²) in [7, 11) is 1.55. The first-order chi connectivity index (χ1) is 17.0. The lowest BCUT2D eigenvalue weighted by atomic mass is 10.0. The molecule has 0 saturated carbocycles. The smallest absolute Gasteiger partial charge is 0.319 e. The van der Waals surface area contributed by atoms with Gasteiger partial charge in [-0.05, 0) is 23.8 Å². The Kier molecular flexibility index (Phi) is 7.17. The predicted molar refractivity (Wildman–Crippen MR) is 129 cm³/mol. The molecule has 0 fully saturated rings. The maximum Gasteiger partial charge on any atom is 0.319 e. The molecule has 11 heteroatoms. The highest BCUT2D eigenvalue weighted by atomic mass is 19.1. The standard InChI is InChI=1S/C24H24FN7O3/c1-35-11-10-27-23(33)18-13-32-21(22(26)29-14-30-32)20(18)15-6-8-17(9-7-15)31-24(34)28-12-16-4-2-3-5-19(16)25/h2-9,13-14H,10-12H2,1H3,(H,27,33)(H2,26,29,30)(H2,28,31,34). The topological polar surface area (TPSA) is 136 Å². The number of benzene rings is 2. The average Bonchev–Trinajstić information content (AvgIpc) is 3.25. The number of nitrogens with two attached hydrogens (primary N) is 1. The van der Waals surface area contributed by atoms with Crippen molar-refractivity contribution >= 4 is 29.0 Å². The summed E-state index contributed by atoms with van der Waals surface area (Å²) in [5.41, 5.74) is 9.11. The third-order valence-corrected chi connectivity index (χ3v) is 5.27. The molecule has 5 N–H and O–H groups in total. The van der Waals surface area contributed by atoms with Gasteiger partial charge < -0.3 is 26.4 Å². The first kappa shape index (κ1) is 23.6. The lowest BCUT2D eigenvalue weighted by Gasteiger charge is -2.10. The van der Waals surface area contributed by atoms with Gasteiger partial charge in [-0.2, -0.15) is 5.10 Å². The average molecular weight is 478 g/mol. The van der Waals surface area contributed by atoms with Crippen molar-refractivity contribution in [2.75, 3.05) is 31.3 Å². The van der Waals surface area contributed by atoms with Gasteiger partial charge in [0.05, 0.1) is 12.2 Å². The van der Waals surface area contributed by atoms with Crippen LogP contribution in [0.1, 0.15) is 15.9 Å². The molecule has 0 spiro atoms. The molecular formula is C24H24FN7O3. The van der Waals surface area contributed by atoms with E-state index in [1.807, 2.05) is 0 Å². The number of carbonyl (C=O) groups is 2. The molecular weight excluding hydrogens is 453 g/mol. The summed E-state index contributed by atoms with van der Waals surface area (Å²) in [5, 5.41) is 12.3. The minimum atomic E-state index is -0.480. The molecule has 0 aliphatic heterocycles. The molecule has 2 aromatic heterocycles. The molecule has 4 rings (SSSR count). The van der Waals surface area contributed by atoms with Crippen LogP contribution >= 0.6 is 0 Å². The third kappa shape index (κ3) is 5.36. The molecule has 0 saturated heterocycles. The van der Waals surface area contributed by atoms with E-state index in [1.165, 1.54) is 16.9 Å². The molecule has 0 unspecified atom stereocenters. The number of nitrogens with zero attached hydrogens (tertiary/aromatic N) is 3. The number of nitrogens with one attached hydrogen (secondary N) is 3. The first-order valence-corrected chi connectivity index (χ1v) is 10.8. The molecule has 0 radical (unpaired) electrons. The highest BCUT2D eigenvalue weighted by Gasteiger charge is 2.21. The van der Waals surface area contributed by atoms with Gasteiger partial charge in [0, 0.05) is 43.2 Å². The summed E-state index contributed by atoms with van der Waals surface area (Å²) >= 11 is 0. The molecule has 0 bridgehead atoms. The molecule has 180 valence electrons. The van der Waals surface area contributed by atoms with E-state index < -0.39 is 6.03 Å². The van der Waals surface area contributed by atoms with Gasteiger partial charge >= 0.3 is 6.03 Å². The Bertz CT molecular complexity index is 1360. The van der Waals surface area contributed by atoms with Crippen molar-refractivity contribution in [3.8, 4) is 11.1 Å². The van der Waals surface area contributed by atoms with Crippen LogP contribution in [0.2, 0.25) is 0 Å². The summed E-state index contributed by atoms with van der Waals surface area (Å²) in [6.07, 6.45) is 2.90. The minimum Gasteiger partial charge on any atom is -0.383 e. The Balaban J connectivity index is 1.54. The Morgan fingerprint density at radius 2 is 1.89 bits per heavy atom. The molecule has 0 aliphatic rings. The van der Waals surface area contributed by atoms with Gasteiger partial charge in [-0.3, -0.25) is 4.79 Å². The van der Waals surface area contributed by atoms with Crippen molar-refractivity contribution in [1.29, 1.82) is 0 Å². The number of amides is 3. The zero-order valence-electron chi connectivity index (χ0n) is 18.9. The van der Waals surface area contributed by atoms with E-state index in [9.17, 15) is 14.0 Å². The third-order valence-electron chi connectivity index (χ3n) is 5.27. The summed E-state index contributed by atoms with van der Waals surface area (Å²) < 4.78 is 20.2. The van der Waals surface area contributed by atoms with E-state index in [0.29, 0.717) is 46.6 Å². The number of rotatable bonds is 8. The summed E-state index contributed by atoms with van der Waals surface area (Å²) in [5.74, 6) is -0.473. The van der Waals surface area contributed by atoms with Crippen LogP contribution in [0, 0.1) is 5.82 Å². The van der Waals surface area contributed by atoms with Gasteiger partial charge in [0.2, 0.25) is 0 Å². The van der Waals surface area contributed by atoms with E-state index in [1.54, 1.807) is 55.8 Å². The predicted octanol–water partition coefficient (Wildman–Crippen LogP) is 2.82. The van der Waals surface area contributed by atoms with Gasteiger partial charge in [0.1, 0.15) is 17.7 Å². The Hall–Kier alpha value is -4.51. The summed E-state index contributed by atoms with van der Waals surface area (Å²) in [4.78, 5) is 29.2. The maximum atomic E-state index is 13.7. The zero-order valence-corrected chi connectivity index (χ0v) is 18.9. The van der Waals surface area contributed by atoms with Crippen molar-refractivity contribution < 1.29 is 18.7 Å². The SMILES string of the molecule is COCCNC(=O)c1cn2ncnc(N)c2c1-c1ccc(NC(=O)NCc2ccccc2F)cc1. The number of carbonyl (C=O) groups excluding carboxylic acids is 2. The van der Waals surface area contributed by atoms with Crippen molar-refractivity contribution in [1.82, 2.24) is 25.2 Å². The zero-order chi connectivity index (χ0) is 24.8. The van der Waals surface area contributed by atoms with Gasteiger partial charge in [-0.1, -0.05) is 30.3 Å². The second kappa shape index (κ2) is 10.6. The molecule has 0 atom stereocenters. The summed E-state index contributed by atoms with van der Waals surface area (Å²) in [6.45, 7) is 0.761. The van der Waals surface area contributed by atoms with Crippen LogP contribution in [0.25, 0.3) is 16.6 Å². The molecule has 35 heavy (non-hydrogen) atoms. The number of urea groups is 1. The summed E-state index contributed by atoms with van der Waals surface area (Å²) in [6, 6.07) is 12.6. The highest BCUT2D eigenvalue weighted by molar-refractivity contribution is 6.07. The molecule has 10 nitrogen and oxygen atoms in total. The van der Waals surface area contributed by atoms with E-state index in [0.717, 1.165) is 0 Å². The van der Waals surface area contributed by atoms with Crippen LogP contribution < -0.4 is 21.7 Å². The Morgan fingerprint density at radius 3 is 2.63 bits per heavy atom. The van der Waals surface area contributed by atoms with Crippen LogP contribution in [0.4, 0.5) is 20.7 Å². The maximum absolute atomic E-state index is 13.7. The normalized spacial score (nSPS) is 10.8. The lowest BCUT2D eigenvalue weighted by molar-refractivity contribution is 0.0937. The number of halogens is 1. The Labute approximate surface area is 200 Å². The quantitative estimate of drug-likeness (QED) is 0.288. The monoisotopic (exact) mass is 477 g/mol. The number of hydrogen-bond acceptors (Lipinski definition) is 6. The van der Waals surface area contributed by atoms with E-state index in [2.05, 4.69) is 26.0 Å². The van der Waals surface area contributed by atoms with Crippen molar-refractivity contribution in [3.05, 3.63) is 78.0 Å². The molecule has 3 amide bonds. The van der Waals surface area contributed by atoms with Crippen molar-refractivity contribution in [2.24, 2.45) is 0 Å². The van der Waals surface area contributed by atoms with Crippen LogP contribution in [0.5, 0.6) is 0 Å². The van der Waals surface area contributed by atoms with Gasteiger partial charge in [0.15, 0.2) is 5.82 Å².